The molecule has 1 aliphatic rings. The van der Waals surface area contributed by atoms with Crippen molar-refractivity contribution in [1.82, 2.24) is 29.6 Å². The number of rotatable bonds is 6. The molecule has 0 aliphatic heterocycles. The molecule has 0 saturated heterocycles. The summed E-state index contributed by atoms with van der Waals surface area (Å²) in [4.78, 5) is 4.44. The molecule has 0 bridgehead atoms. The van der Waals surface area contributed by atoms with E-state index in [2.05, 4.69) is 31.3 Å². The van der Waals surface area contributed by atoms with Crippen molar-refractivity contribution in [2.45, 2.75) is 36.3 Å². The largest absolute Gasteiger partial charge is 0.331 e. The molecule has 0 aromatic carbocycles. The van der Waals surface area contributed by atoms with Crippen molar-refractivity contribution in [3.05, 3.63) is 24.0 Å². The molecule has 0 unspecified atom stereocenters. The first-order valence-electron chi connectivity index (χ1n) is 6.47. The standard InChI is InChI=1S/C12H18N6S.2ClH/c1-13-7-10-15-16-12(17(10)2)19-8-11-14-5-6-18(11)9-3-4-9;;/h5-6,9,13H,3-4,7-8H2,1-2H3;2*1H. The van der Waals surface area contributed by atoms with Gasteiger partial charge in [-0.2, -0.15) is 0 Å². The fourth-order valence-corrected chi connectivity index (χ4v) is 2.93. The summed E-state index contributed by atoms with van der Waals surface area (Å²) in [6.07, 6.45) is 6.53. The monoisotopic (exact) mass is 350 g/mol. The Labute approximate surface area is 140 Å². The molecule has 6 nitrogen and oxygen atoms in total. The molecule has 1 fully saturated rings. The number of nitrogens with one attached hydrogen (secondary N) is 1. The summed E-state index contributed by atoms with van der Waals surface area (Å²) >= 11 is 1.69. The third kappa shape index (κ3) is 4.12. The highest BCUT2D eigenvalue weighted by Gasteiger charge is 2.25. The van der Waals surface area contributed by atoms with Gasteiger partial charge in [-0.05, 0) is 19.9 Å². The van der Waals surface area contributed by atoms with Crippen LogP contribution in [0.3, 0.4) is 0 Å². The van der Waals surface area contributed by atoms with Gasteiger partial charge in [-0.1, -0.05) is 11.8 Å². The summed E-state index contributed by atoms with van der Waals surface area (Å²) in [7, 11) is 3.91. The van der Waals surface area contributed by atoms with Crippen molar-refractivity contribution in [3.63, 3.8) is 0 Å². The smallest absolute Gasteiger partial charge is 0.191 e. The summed E-state index contributed by atoms with van der Waals surface area (Å²) in [6.45, 7) is 0.737. The van der Waals surface area contributed by atoms with Gasteiger partial charge < -0.3 is 14.5 Å². The van der Waals surface area contributed by atoms with Crippen molar-refractivity contribution in [2.75, 3.05) is 7.05 Å². The molecule has 9 heteroatoms. The van der Waals surface area contributed by atoms with E-state index >= 15 is 0 Å². The van der Waals surface area contributed by atoms with Crippen LogP contribution >= 0.6 is 36.6 Å². The third-order valence-corrected chi connectivity index (χ3v) is 4.30. The van der Waals surface area contributed by atoms with E-state index in [1.165, 1.54) is 12.8 Å². The number of imidazole rings is 1. The highest BCUT2D eigenvalue weighted by molar-refractivity contribution is 7.98. The highest BCUT2D eigenvalue weighted by atomic mass is 35.5. The summed E-state index contributed by atoms with van der Waals surface area (Å²) < 4.78 is 4.32. The summed E-state index contributed by atoms with van der Waals surface area (Å²) in [5.74, 6) is 2.93. The van der Waals surface area contributed by atoms with Gasteiger partial charge in [-0.3, -0.25) is 0 Å². The Morgan fingerprint density at radius 3 is 2.71 bits per heavy atom. The van der Waals surface area contributed by atoms with Crippen molar-refractivity contribution >= 4 is 36.6 Å². The van der Waals surface area contributed by atoms with Crippen molar-refractivity contribution in [2.24, 2.45) is 7.05 Å². The van der Waals surface area contributed by atoms with E-state index in [9.17, 15) is 0 Å². The Morgan fingerprint density at radius 1 is 1.29 bits per heavy atom. The second-order valence-corrected chi connectivity index (χ2v) is 5.70. The Kier molecular flexibility index (Phi) is 6.99. The van der Waals surface area contributed by atoms with E-state index in [0.717, 1.165) is 29.1 Å². The van der Waals surface area contributed by atoms with Gasteiger partial charge in [0.2, 0.25) is 0 Å². The Morgan fingerprint density at radius 2 is 2.05 bits per heavy atom. The minimum absolute atomic E-state index is 0. The van der Waals surface area contributed by atoms with Crippen LogP contribution in [0.2, 0.25) is 0 Å². The van der Waals surface area contributed by atoms with Gasteiger partial charge in [0.15, 0.2) is 5.16 Å². The van der Waals surface area contributed by atoms with E-state index in [4.69, 9.17) is 0 Å². The molecule has 1 saturated carbocycles. The van der Waals surface area contributed by atoms with E-state index in [1.807, 2.05) is 24.9 Å². The zero-order valence-corrected chi connectivity index (χ0v) is 14.5. The lowest BCUT2D eigenvalue weighted by molar-refractivity contribution is 0.680. The summed E-state index contributed by atoms with van der Waals surface area (Å²) in [5.41, 5.74) is 0. The minimum atomic E-state index is 0. The average molecular weight is 351 g/mol. The molecule has 2 aromatic heterocycles. The molecule has 0 atom stereocenters. The van der Waals surface area contributed by atoms with Crippen molar-refractivity contribution < 1.29 is 0 Å². The van der Waals surface area contributed by atoms with Crippen LogP contribution in [0.1, 0.15) is 30.5 Å². The first-order chi connectivity index (χ1) is 9.29. The van der Waals surface area contributed by atoms with Crippen LogP contribution in [0.15, 0.2) is 17.6 Å². The maximum Gasteiger partial charge on any atom is 0.191 e. The quantitative estimate of drug-likeness (QED) is 0.809. The predicted octanol–water partition coefficient (Wildman–Crippen LogP) is 2.20. The minimum Gasteiger partial charge on any atom is -0.331 e. The van der Waals surface area contributed by atoms with Crippen LogP contribution in [-0.4, -0.2) is 31.4 Å². The second kappa shape index (κ2) is 8.03. The molecule has 0 radical (unpaired) electrons. The fraction of sp³-hybridized carbons (Fsp3) is 0.583. The van der Waals surface area contributed by atoms with Gasteiger partial charge in [-0.25, -0.2) is 4.98 Å². The van der Waals surface area contributed by atoms with E-state index in [0.29, 0.717) is 6.04 Å². The molecule has 0 amide bonds. The van der Waals surface area contributed by atoms with Crippen molar-refractivity contribution in [3.8, 4) is 0 Å². The van der Waals surface area contributed by atoms with Gasteiger partial charge in [-0.15, -0.1) is 35.0 Å². The Hall–Kier alpha value is -0.760. The second-order valence-electron chi connectivity index (χ2n) is 4.76. The number of halogens is 2. The maximum absolute atomic E-state index is 4.44. The highest BCUT2D eigenvalue weighted by Crippen LogP contribution is 2.36. The first-order valence-corrected chi connectivity index (χ1v) is 7.45. The lowest BCUT2D eigenvalue weighted by atomic mass is 10.6. The summed E-state index contributed by atoms with van der Waals surface area (Å²) in [5, 5.41) is 12.4. The van der Waals surface area contributed by atoms with Gasteiger partial charge in [0, 0.05) is 25.5 Å². The maximum atomic E-state index is 4.44. The molecule has 3 rings (SSSR count). The van der Waals surface area contributed by atoms with Crippen LogP contribution in [0.5, 0.6) is 0 Å². The zero-order valence-electron chi connectivity index (χ0n) is 12.0. The molecule has 1 N–H and O–H groups in total. The molecule has 118 valence electrons. The van der Waals surface area contributed by atoms with Gasteiger partial charge in [0.25, 0.3) is 0 Å². The molecule has 1 aliphatic carbocycles. The first kappa shape index (κ1) is 18.3. The van der Waals surface area contributed by atoms with Crippen LogP contribution in [0, 0.1) is 0 Å². The van der Waals surface area contributed by atoms with Crippen LogP contribution in [0.4, 0.5) is 0 Å². The van der Waals surface area contributed by atoms with Gasteiger partial charge in [0.1, 0.15) is 11.6 Å². The number of hydrogen-bond donors (Lipinski definition) is 1. The normalized spacial score (nSPS) is 13.6. The zero-order chi connectivity index (χ0) is 13.2. The third-order valence-electron chi connectivity index (χ3n) is 3.28. The molecule has 2 aromatic rings. The molecule has 2 heterocycles. The van der Waals surface area contributed by atoms with Crippen LogP contribution in [0.25, 0.3) is 0 Å². The Bertz CT molecular complexity index is 566. The van der Waals surface area contributed by atoms with E-state index in [1.54, 1.807) is 11.8 Å². The SMILES string of the molecule is CNCc1nnc(SCc2nccn2C2CC2)n1C.Cl.Cl. The number of thioether (sulfide) groups is 1. The fourth-order valence-electron chi connectivity index (χ4n) is 2.05. The van der Waals surface area contributed by atoms with Crippen LogP contribution < -0.4 is 5.32 Å². The lowest BCUT2D eigenvalue weighted by Gasteiger charge is -2.06. The van der Waals surface area contributed by atoms with E-state index < -0.39 is 0 Å². The number of aromatic nitrogens is 5. The summed E-state index contributed by atoms with van der Waals surface area (Å²) in [6, 6.07) is 0.678. The van der Waals surface area contributed by atoms with Crippen LogP contribution in [-0.2, 0) is 19.3 Å². The topological polar surface area (TPSA) is 60.6 Å². The average Bonchev–Trinajstić information content (AvgIpc) is 3.06. The Balaban J connectivity index is 0.00000110. The molecular formula is C12H20Cl2N6S. The lowest BCUT2D eigenvalue weighted by Crippen LogP contribution is -2.10. The van der Waals surface area contributed by atoms with Crippen molar-refractivity contribution in [1.29, 1.82) is 0 Å². The predicted molar refractivity (Wildman–Crippen MR) is 88.3 cm³/mol. The number of hydrogen-bond acceptors (Lipinski definition) is 5. The molecular weight excluding hydrogens is 331 g/mol. The number of nitrogens with zero attached hydrogens (tertiary/aromatic N) is 5. The van der Waals surface area contributed by atoms with Gasteiger partial charge >= 0.3 is 0 Å². The molecule has 0 spiro atoms. The molecule has 21 heavy (non-hydrogen) atoms. The van der Waals surface area contributed by atoms with Gasteiger partial charge in [0.05, 0.1) is 12.3 Å². The van der Waals surface area contributed by atoms with E-state index in [-0.39, 0.29) is 24.8 Å².